The van der Waals surface area contributed by atoms with Gasteiger partial charge in [-0.15, -0.1) is 0 Å². The van der Waals surface area contributed by atoms with Crippen LogP contribution < -0.4 is 0 Å². The smallest absolute Gasteiger partial charge is 0.165 e. The Bertz CT molecular complexity index is 312. The molecule has 1 rings (SSSR count). The van der Waals surface area contributed by atoms with Crippen LogP contribution in [-0.2, 0) is 0 Å². The molecule has 1 aromatic carbocycles. The summed E-state index contributed by atoms with van der Waals surface area (Å²) in [5.74, 6) is 0. The third kappa shape index (κ3) is 2.31. The van der Waals surface area contributed by atoms with Crippen molar-refractivity contribution in [3.8, 4) is 6.07 Å². The SMILES string of the molecule is N#C[C@@H](O)c1cc(Br)cc(Br)c1. The van der Waals surface area contributed by atoms with E-state index in [1.54, 1.807) is 18.2 Å². The van der Waals surface area contributed by atoms with Crippen molar-refractivity contribution >= 4 is 31.9 Å². The Labute approximate surface area is 87.1 Å². The van der Waals surface area contributed by atoms with Gasteiger partial charge >= 0.3 is 0 Å². The van der Waals surface area contributed by atoms with Crippen molar-refractivity contribution in [3.63, 3.8) is 0 Å². The highest BCUT2D eigenvalue weighted by molar-refractivity contribution is 9.11. The van der Waals surface area contributed by atoms with Gasteiger partial charge in [-0.25, -0.2) is 0 Å². The fourth-order valence-corrected chi connectivity index (χ4v) is 2.14. The number of halogens is 2. The van der Waals surface area contributed by atoms with E-state index in [0.29, 0.717) is 5.56 Å². The average molecular weight is 291 g/mol. The second-order valence-electron chi connectivity index (χ2n) is 2.23. The largest absolute Gasteiger partial charge is 0.374 e. The molecule has 1 aromatic rings. The van der Waals surface area contributed by atoms with Crippen molar-refractivity contribution in [2.75, 3.05) is 0 Å². The minimum absolute atomic E-state index is 0.582. The fraction of sp³-hybridized carbons (Fsp3) is 0.125. The van der Waals surface area contributed by atoms with Crippen LogP contribution in [0.3, 0.4) is 0 Å². The Morgan fingerprint density at radius 1 is 1.25 bits per heavy atom. The summed E-state index contributed by atoms with van der Waals surface area (Å²) in [6.45, 7) is 0. The van der Waals surface area contributed by atoms with Gasteiger partial charge in [-0.2, -0.15) is 5.26 Å². The molecule has 62 valence electrons. The van der Waals surface area contributed by atoms with Gasteiger partial charge in [0.1, 0.15) is 0 Å². The predicted octanol–water partition coefficient (Wildman–Crippen LogP) is 2.77. The van der Waals surface area contributed by atoms with Gasteiger partial charge in [0.25, 0.3) is 0 Å². The van der Waals surface area contributed by atoms with E-state index >= 15 is 0 Å². The Hall–Kier alpha value is -0.370. The molecular formula is C8H5Br2NO. The van der Waals surface area contributed by atoms with Crippen molar-refractivity contribution in [3.05, 3.63) is 32.7 Å². The molecule has 0 saturated heterocycles. The lowest BCUT2D eigenvalue weighted by atomic mass is 10.1. The Morgan fingerprint density at radius 3 is 2.17 bits per heavy atom. The summed E-state index contributed by atoms with van der Waals surface area (Å²) in [5, 5.41) is 17.6. The molecule has 0 aliphatic rings. The van der Waals surface area contributed by atoms with Gasteiger partial charge in [0.2, 0.25) is 0 Å². The lowest BCUT2D eigenvalue weighted by Crippen LogP contribution is -1.92. The number of aliphatic hydroxyl groups excluding tert-OH is 1. The van der Waals surface area contributed by atoms with Crippen LogP contribution >= 0.6 is 31.9 Å². The number of nitrogens with zero attached hydrogens (tertiary/aromatic N) is 1. The number of hydrogen-bond acceptors (Lipinski definition) is 2. The van der Waals surface area contributed by atoms with Gasteiger partial charge < -0.3 is 5.11 Å². The second kappa shape index (κ2) is 4.04. The number of hydrogen-bond donors (Lipinski definition) is 1. The van der Waals surface area contributed by atoms with Crippen LogP contribution in [0.2, 0.25) is 0 Å². The maximum absolute atomic E-state index is 9.18. The number of rotatable bonds is 1. The van der Waals surface area contributed by atoms with Crippen LogP contribution in [-0.4, -0.2) is 5.11 Å². The van der Waals surface area contributed by atoms with Crippen LogP contribution in [0.5, 0.6) is 0 Å². The highest BCUT2D eigenvalue weighted by atomic mass is 79.9. The molecule has 0 saturated carbocycles. The first-order chi connectivity index (χ1) is 5.63. The third-order valence-electron chi connectivity index (χ3n) is 1.32. The van der Waals surface area contributed by atoms with E-state index in [1.165, 1.54) is 0 Å². The van der Waals surface area contributed by atoms with Gasteiger partial charge in [0, 0.05) is 8.95 Å². The van der Waals surface area contributed by atoms with E-state index in [1.807, 2.05) is 6.07 Å². The highest BCUT2D eigenvalue weighted by Crippen LogP contribution is 2.23. The monoisotopic (exact) mass is 289 g/mol. The first-order valence-electron chi connectivity index (χ1n) is 3.17. The summed E-state index contributed by atoms with van der Waals surface area (Å²) in [6, 6.07) is 7.00. The van der Waals surface area contributed by atoms with Gasteiger partial charge in [0.15, 0.2) is 6.10 Å². The second-order valence-corrected chi connectivity index (χ2v) is 4.07. The number of nitriles is 1. The Balaban J connectivity index is 3.10. The molecule has 0 unspecified atom stereocenters. The van der Waals surface area contributed by atoms with Crippen LogP contribution in [0.25, 0.3) is 0 Å². The molecule has 0 radical (unpaired) electrons. The molecule has 4 heteroatoms. The van der Waals surface area contributed by atoms with Gasteiger partial charge in [-0.3, -0.25) is 0 Å². The minimum Gasteiger partial charge on any atom is -0.374 e. The maximum atomic E-state index is 9.18. The van der Waals surface area contributed by atoms with E-state index in [2.05, 4.69) is 31.9 Å². The Kier molecular flexibility index (Phi) is 3.27. The zero-order chi connectivity index (χ0) is 9.14. The molecule has 0 fully saturated rings. The van der Waals surface area contributed by atoms with Crippen LogP contribution in [0.15, 0.2) is 27.1 Å². The summed E-state index contributed by atoms with van der Waals surface area (Å²) in [7, 11) is 0. The topological polar surface area (TPSA) is 44.0 Å². The minimum atomic E-state index is -1.06. The number of benzene rings is 1. The molecule has 1 atom stereocenters. The zero-order valence-corrected chi connectivity index (χ0v) is 9.13. The third-order valence-corrected chi connectivity index (χ3v) is 2.24. The molecule has 0 amide bonds. The van der Waals surface area contributed by atoms with Crippen LogP contribution in [0.4, 0.5) is 0 Å². The zero-order valence-electron chi connectivity index (χ0n) is 5.96. The molecule has 0 spiro atoms. The van der Waals surface area contributed by atoms with E-state index in [4.69, 9.17) is 5.26 Å². The average Bonchev–Trinajstić information content (AvgIpc) is 2.01. The van der Waals surface area contributed by atoms with Crippen LogP contribution in [0, 0.1) is 11.3 Å². The quantitative estimate of drug-likeness (QED) is 0.808. The van der Waals surface area contributed by atoms with Gasteiger partial charge in [0.05, 0.1) is 6.07 Å². The lowest BCUT2D eigenvalue weighted by Gasteiger charge is -2.03. The molecule has 12 heavy (non-hydrogen) atoms. The van der Waals surface area contributed by atoms with Gasteiger partial charge in [-0.1, -0.05) is 31.9 Å². The molecule has 1 N–H and O–H groups in total. The molecule has 0 aromatic heterocycles. The molecule has 0 bridgehead atoms. The summed E-state index contributed by atoms with van der Waals surface area (Å²) in [5.41, 5.74) is 0.582. The van der Waals surface area contributed by atoms with Crippen molar-refractivity contribution in [1.29, 1.82) is 5.26 Å². The summed E-state index contributed by atoms with van der Waals surface area (Å²) >= 11 is 6.52. The van der Waals surface area contributed by atoms with Crippen molar-refractivity contribution in [1.82, 2.24) is 0 Å². The summed E-state index contributed by atoms with van der Waals surface area (Å²) < 4.78 is 1.67. The molecule has 2 nitrogen and oxygen atoms in total. The van der Waals surface area contributed by atoms with Gasteiger partial charge in [-0.05, 0) is 23.8 Å². The van der Waals surface area contributed by atoms with E-state index in [0.717, 1.165) is 8.95 Å². The van der Waals surface area contributed by atoms with E-state index < -0.39 is 6.10 Å². The first kappa shape index (κ1) is 9.72. The molecule has 0 aliphatic heterocycles. The molecular weight excluding hydrogens is 286 g/mol. The van der Waals surface area contributed by atoms with Crippen molar-refractivity contribution < 1.29 is 5.11 Å². The lowest BCUT2D eigenvalue weighted by molar-refractivity contribution is 0.236. The van der Waals surface area contributed by atoms with Crippen molar-refractivity contribution in [2.24, 2.45) is 0 Å². The predicted molar refractivity (Wildman–Crippen MR) is 52.4 cm³/mol. The molecule has 0 aliphatic carbocycles. The summed E-state index contributed by atoms with van der Waals surface area (Å²) in [6.07, 6.45) is -1.06. The van der Waals surface area contributed by atoms with E-state index in [9.17, 15) is 5.11 Å². The fourth-order valence-electron chi connectivity index (χ4n) is 0.808. The van der Waals surface area contributed by atoms with Crippen LogP contribution in [0.1, 0.15) is 11.7 Å². The highest BCUT2D eigenvalue weighted by Gasteiger charge is 2.06. The first-order valence-corrected chi connectivity index (χ1v) is 4.76. The number of aliphatic hydroxyl groups is 1. The van der Waals surface area contributed by atoms with Crippen molar-refractivity contribution in [2.45, 2.75) is 6.10 Å². The Morgan fingerprint density at radius 2 is 1.75 bits per heavy atom. The normalized spacial score (nSPS) is 12.2. The molecule has 0 heterocycles. The standard InChI is InChI=1S/C8H5Br2NO/c9-6-1-5(8(12)4-11)2-7(10)3-6/h1-3,8,12H/t8-/m1/s1. The van der Waals surface area contributed by atoms with E-state index in [-0.39, 0.29) is 0 Å². The maximum Gasteiger partial charge on any atom is 0.165 e. The summed E-state index contributed by atoms with van der Waals surface area (Å²) in [4.78, 5) is 0.